The van der Waals surface area contributed by atoms with E-state index >= 15 is 0 Å². The molecule has 0 saturated carbocycles. The molecule has 0 amide bonds. The van der Waals surface area contributed by atoms with Gasteiger partial charge in [-0.1, -0.05) is 0 Å². The van der Waals surface area contributed by atoms with Crippen molar-refractivity contribution in [3.8, 4) is 11.5 Å². The van der Waals surface area contributed by atoms with Crippen molar-refractivity contribution >= 4 is 33.0 Å². The zero-order valence-corrected chi connectivity index (χ0v) is 17.0. The van der Waals surface area contributed by atoms with Gasteiger partial charge < -0.3 is 9.47 Å². The van der Waals surface area contributed by atoms with Gasteiger partial charge in [0.05, 0.1) is 11.4 Å². The molecular formula is C18H17N3O5S2. The number of anilines is 1. The molecule has 146 valence electrons. The van der Waals surface area contributed by atoms with Gasteiger partial charge in [-0.3, -0.25) is 9.10 Å². The van der Waals surface area contributed by atoms with Crippen LogP contribution >= 0.6 is 11.3 Å². The van der Waals surface area contributed by atoms with Crippen molar-refractivity contribution in [2.24, 2.45) is 0 Å². The third-order valence-corrected chi connectivity index (χ3v) is 7.24. The molecule has 8 nitrogen and oxygen atoms in total. The van der Waals surface area contributed by atoms with Crippen molar-refractivity contribution in [3.05, 3.63) is 52.0 Å². The minimum Gasteiger partial charge on any atom is -0.454 e. The molecule has 0 atom stereocenters. The predicted molar refractivity (Wildman–Crippen MR) is 104 cm³/mol. The monoisotopic (exact) mass is 419 g/mol. The summed E-state index contributed by atoms with van der Waals surface area (Å²) in [7, 11) is -2.54. The van der Waals surface area contributed by atoms with E-state index in [1.165, 1.54) is 17.8 Å². The van der Waals surface area contributed by atoms with Crippen LogP contribution in [0.3, 0.4) is 0 Å². The van der Waals surface area contributed by atoms with Crippen molar-refractivity contribution in [3.63, 3.8) is 0 Å². The van der Waals surface area contributed by atoms with E-state index in [2.05, 4.69) is 5.10 Å². The Morgan fingerprint density at radius 3 is 2.64 bits per heavy atom. The van der Waals surface area contributed by atoms with E-state index in [1.54, 1.807) is 43.5 Å². The van der Waals surface area contributed by atoms with Crippen molar-refractivity contribution in [1.82, 2.24) is 9.78 Å². The second-order valence-electron chi connectivity index (χ2n) is 6.27. The Morgan fingerprint density at radius 1 is 1.18 bits per heavy atom. The molecule has 1 aliphatic heterocycles. The van der Waals surface area contributed by atoms with Gasteiger partial charge in [0.2, 0.25) is 6.79 Å². The Bertz CT molecular complexity index is 1180. The van der Waals surface area contributed by atoms with Gasteiger partial charge in [-0.25, -0.2) is 13.1 Å². The zero-order valence-electron chi connectivity index (χ0n) is 15.4. The number of rotatable bonds is 4. The van der Waals surface area contributed by atoms with E-state index in [0.717, 1.165) is 15.6 Å². The summed E-state index contributed by atoms with van der Waals surface area (Å²) in [5.41, 5.74) is 1.73. The van der Waals surface area contributed by atoms with E-state index in [4.69, 9.17) is 9.47 Å². The highest BCUT2D eigenvalue weighted by atomic mass is 32.2. The molecular weight excluding hydrogens is 402 g/mol. The molecule has 0 bridgehead atoms. The lowest BCUT2D eigenvalue weighted by Crippen LogP contribution is -2.28. The molecule has 3 heterocycles. The number of hydrogen-bond donors (Lipinski definition) is 0. The topological polar surface area (TPSA) is 90.7 Å². The van der Waals surface area contributed by atoms with Gasteiger partial charge in [-0.2, -0.15) is 5.10 Å². The van der Waals surface area contributed by atoms with Crippen LogP contribution in [0.25, 0.3) is 0 Å². The lowest BCUT2D eigenvalue weighted by Gasteiger charge is -2.20. The molecule has 28 heavy (non-hydrogen) atoms. The first kappa shape index (κ1) is 18.5. The average molecular weight is 419 g/mol. The third kappa shape index (κ3) is 2.94. The lowest BCUT2D eigenvalue weighted by molar-refractivity contribution is 0.0943. The largest absolute Gasteiger partial charge is 0.454 e. The molecule has 0 spiro atoms. The fourth-order valence-corrected chi connectivity index (χ4v) is 5.46. The second-order valence-corrected chi connectivity index (χ2v) is 9.12. The standard InChI is InChI=1S/C18H17N3O5S2/c1-11-8-12(2)21(19-11)18(22)17-16(6-7-27-17)28(23,24)20(3)13-4-5-14-15(9-13)26-10-25-14/h4-9H,10H2,1-3H3. The number of nitrogens with zero attached hydrogens (tertiary/aromatic N) is 3. The van der Waals surface area contributed by atoms with Crippen LogP contribution in [0.4, 0.5) is 5.69 Å². The van der Waals surface area contributed by atoms with Gasteiger partial charge >= 0.3 is 0 Å². The molecule has 1 aromatic carbocycles. The number of carbonyl (C=O) groups is 1. The quantitative estimate of drug-likeness (QED) is 0.646. The third-order valence-electron chi connectivity index (χ3n) is 4.38. The van der Waals surface area contributed by atoms with E-state index in [9.17, 15) is 13.2 Å². The molecule has 0 unspecified atom stereocenters. The van der Waals surface area contributed by atoms with Gasteiger partial charge in [-0.15, -0.1) is 11.3 Å². The first-order chi connectivity index (χ1) is 13.3. The van der Waals surface area contributed by atoms with Crippen molar-refractivity contribution in [1.29, 1.82) is 0 Å². The highest BCUT2D eigenvalue weighted by molar-refractivity contribution is 7.93. The van der Waals surface area contributed by atoms with Crippen molar-refractivity contribution in [2.75, 3.05) is 18.1 Å². The van der Waals surface area contributed by atoms with Crippen LogP contribution < -0.4 is 13.8 Å². The Kier molecular flexibility index (Phi) is 4.39. The molecule has 3 aromatic rings. The second kappa shape index (κ2) is 6.64. The summed E-state index contributed by atoms with van der Waals surface area (Å²) in [6.45, 7) is 3.62. The Balaban J connectivity index is 1.72. The predicted octanol–water partition coefficient (Wildman–Crippen LogP) is 2.80. The molecule has 1 aliphatic rings. The molecule has 0 fully saturated rings. The number of aromatic nitrogens is 2. The number of benzene rings is 1. The maximum atomic E-state index is 13.2. The van der Waals surface area contributed by atoms with E-state index in [1.807, 2.05) is 0 Å². The zero-order chi connectivity index (χ0) is 20.1. The molecule has 0 aliphatic carbocycles. The Labute approximate surface area is 166 Å². The van der Waals surface area contributed by atoms with Gasteiger partial charge in [0.1, 0.15) is 9.77 Å². The first-order valence-electron chi connectivity index (χ1n) is 8.33. The SMILES string of the molecule is Cc1cc(C)n(C(=O)c2sccc2S(=O)(=O)N(C)c2ccc3c(c2)OCO3)n1. The molecule has 2 aromatic heterocycles. The smallest absolute Gasteiger partial charge is 0.289 e. The fraction of sp³-hybridized carbons (Fsp3) is 0.222. The van der Waals surface area contributed by atoms with E-state index in [0.29, 0.717) is 28.6 Å². The van der Waals surface area contributed by atoms with Gasteiger partial charge in [0.15, 0.2) is 11.5 Å². The Morgan fingerprint density at radius 2 is 1.93 bits per heavy atom. The summed E-state index contributed by atoms with van der Waals surface area (Å²) < 4.78 is 39.4. The summed E-state index contributed by atoms with van der Waals surface area (Å²) in [6.07, 6.45) is 0. The highest BCUT2D eigenvalue weighted by Gasteiger charge is 2.30. The summed E-state index contributed by atoms with van der Waals surface area (Å²) >= 11 is 1.07. The molecule has 0 N–H and O–H groups in total. The summed E-state index contributed by atoms with van der Waals surface area (Å²) in [5.74, 6) is 0.563. The minimum atomic E-state index is -3.97. The minimum absolute atomic E-state index is 0.0600. The van der Waals surface area contributed by atoms with E-state index in [-0.39, 0.29) is 16.6 Å². The van der Waals surface area contributed by atoms with Crippen LogP contribution in [0.5, 0.6) is 11.5 Å². The van der Waals surface area contributed by atoms with Crippen LogP contribution in [-0.4, -0.2) is 37.9 Å². The molecule has 4 rings (SSSR count). The number of carbonyl (C=O) groups excluding carboxylic acids is 1. The maximum absolute atomic E-state index is 13.2. The number of fused-ring (bicyclic) bond motifs is 1. The van der Waals surface area contributed by atoms with Crippen LogP contribution in [0, 0.1) is 13.8 Å². The summed E-state index contributed by atoms with van der Waals surface area (Å²) in [5, 5.41) is 5.75. The van der Waals surface area contributed by atoms with Gasteiger partial charge in [-0.05, 0) is 43.5 Å². The molecule has 10 heteroatoms. The number of hydrogen-bond acceptors (Lipinski definition) is 7. The maximum Gasteiger partial charge on any atom is 0.289 e. The summed E-state index contributed by atoms with van der Waals surface area (Å²) in [4.78, 5) is 13.0. The number of ether oxygens (including phenoxy) is 2. The van der Waals surface area contributed by atoms with Crippen molar-refractivity contribution < 1.29 is 22.7 Å². The number of aryl methyl sites for hydroxylation is 2. The first-order valence-corrected chi connectivity index (χ1v) is 10.6. The highest BCUT2D eigenvalue weighted by Crippen LogP contribution is 2.37. The number of sulfonamides is 1. The normalized spacial score (nSPS) is 13.0. The average Bonchev–Trinajstić information content (AvgIpc) is 3.39. The number of thiophene rings is 1. The van der Waals surface area contributed by atoms with Crippen LogP contribution in [0.2, 0.25) is 0 Å². The molecule has 0 radical (unpaired) electrons. The van der Waals surface area contributed by atoms with E-state index < -0.39 is 15.9 Å². The molecule has 0 saturated heterocycles. The summed E-state index contributed by atoms with van der Waals surface area (Å²) in [6, 6.07) is 8.06. The van der Waals surface area contributed by atoms with Crippen LogP contribution in [0.1, 0.15) is 21.1 Å². The van der Waals surface area contributed by atoms with Gasteiger partial charge in [0.25, 0.3) is 15.9 Å². The van der Waals surface area contributed by atoms with Gasteiger partial charge in [0, 0.05) is 18.8 Å². The fourth-order valence-electron chi connectivity index (χ4n) is 2.95. The van der Waals surface area contributed by atoms with Crippen molar-refractivity contribution in [2.45, 2.75) is 18.7 Å². The lowest BCUT2D eigenvalue weighted by atomic mass is 10.3. The Hall–Kier alpha value is -2.85. The van der Waals surface area contributed by atoms with Crippen LogP contribution in [0.15, 0.2) is 40.6 Å². The van der Waals surface area contributed by atoms with Crippen LogP contribution in [-0.2, 0) is 10.0 Å².